The van der Waals surface area contributed by atoms with Crippen LogP contribution in [0.1, 0.15) is 49.3 Å². The van der Waals surface area contributed by atoms with E-state index in [0.717, 1.165) is 4.57 Å². The van der Waals surface area contributed by atoms with Crippen LogP contribution >= 0.6 is 0 Å². The Morgan fingerprint density at radius 3 is 2.49 bits per heavy atom. The molecule has 2 amide bonds. The van der Waals surface area contributed by atoms with E-state index >= 15 is 0 Å². The van der Waals surface area contributed by atoms with E-state index in [4.69, 9.17) is 0 Å². The zero-order valence-electron chi connectivity index (χ0n) is 20.3. The van der Waals surface area contributed by atoms with Crippen LogP contribution in [-0.4, -0.2) is 55.8 Å². The molecule has 2 heterocycles. The minimum atomic E-state index is -4.72. The number of rotatable bonds is 12. The Hall–Kier alpha value is -3.92. The van der Waals surface area contributed by atoms with Gasteiger partial charge in [-0.15, -0.1) is 20.3 Å². The quantitative estimate of drug-likeness (QED) is 0.137. The van der Waals surface area contributed by atoms with Gasteiger partial charge >= 0.3 is 6.18 Å². The number of hydrogen-bond donors (Lipinski definition) is 1. The maximum Gasteiger partial charge on any atom is 0.451 e. The molecule has 0 fully saturated rings. The molecule has 1 atom stereocenters. The van der Waals surface area contributed by atoms with Gasteiger partial charge in [0.2, 0.25) is 17.6 Å². The van der Waals surface area contributed by atoms with Gasteiger partial charge in [-0.1, -0.05) is 6.42 Å². The molecule has 1 aromatic carbocycles. The lowest BCUT2D eigenvalue weighted by Gasteiger charge is -2.29. The molecule has 0 aliphatic carbocycles. The fraction of sp³-hybridized carbons (Fsp3) is 0.545. The summed E-state index contributed by atoms with van der Waals surface area (Å²) in [6.45, 7) is -0.763. The van der Waals surface area contributed by atoms with Gasteiger partial charge in [0.15, 0.2) is 17.5 Å². The van der Waals surface area contributed by atoms with Crippen molar-refractivity contribution in [3.63, 3.8) is 0 Å². The lowest BCUT2D eigenvalue weighted by Crippen LogP contribution is -2.44. The van der Waals surface area contributed by atoms with Crippen LogP contribution in [0.5, 0.6) is 0 Å². The molecule has 214 valence electrons. The number of halogens is 6. The van der Waals surface area contributed by atoms with Gasteiger partial charge in [0.05, 0.1) is 13.2 Å². The average molecular weight is 566 g/mol. The van der Waals surface area contributed by atoms with Crippen molar-refractivity contribution in [2.24, 2.45) is 0 Å². The van der Waals surface area contributed by atoms with Crippen molar-refractivity contribution < 1.29 is 45.9 Å². The van der Waals surface area contributed by atoms with Gasteiger partial charge in [-0.25, -0.2) is 13.2 Å². The predicted octanol–water partition coefficient (Wildman–Crippen LogP) is 2.94. The maximum absolute atomic E-state index is 14.3. The first-order valence-corrected chi connectivity index (χ1v) is 11.8. The Labute approximate surface area is 217 Å². The second-order valence-corrected chi connectivity index (χ2v) is 8.80. The first kappa shape index (κ1) is 29.6. The zero-order chi connectivity index (χ0) is 28.7. The molecule has 1 N–H and O–H groups in total. The molecule has 0 saturated carbocycles. The van der Waals surface area contributed by atoms with Crippen molar-refractivity contribution >= 4 is 11.8 Å². The summed E-state index contributed by atoms with van der Waals surface area (Å²) in [6.07, 6.45) is -4.52. The number of unbranched alkanes of at least 4 members (excludes halogenated alkanes) is 2. The second-order valence-electron chi connectivity index (χ2n) is 8.80. The first-order chi connectivity index (χ1) is 18.3. The molecule has 0 bridgehead atoms. The van der Waals surface area contributed by atoms with Gasteiger partial charge in [-0.05, 0) is 30.9 Å². The molecule has 0 unspecified atom stereocenters. The number of amides is 2. The van der Waals surface area contributed by atoms with Gasteiger partial charge < -0.3 is 19.6 Å². The van der Waals surface area contributed by atoms with Gasteiger partial charge in [0.1, 0.15) is 5.82 Å². The highest BCUT2D eigenvalue weighted by molar-refractivity contribution is 5.80. The Balaban J connectivity index is 1.65. The van der Waals surface area contributed by atoms with Crippen LogP contribution in [0, 0.1) is 27.6 Å². The molecule has 1 aliphatic heterocycles. The van der Waals surface area contributed by atoms with Crippen molar-refractivity contribution in [1.82, 2.24) is 25.0 Å². The molecule has 0 radical (unpaired) electrons. The van der Waals surface area contributed by atoms with Crippen LogP contribution in [0.4, 0.5) is 26.3 Å². The molecule has 39 heavy (non-hydrogen) atoms. The summed E-state index contributed by atoms with van der Waals surface area (Å²) >= 11 is 0. The number of nitrogens with one attached hydrogen (secondary N) is 1. The van der Waals surface area contributed by atoms with Crippen LogP contribution in [0.2, 0.25) is 0 Å². The Bertz CT molecular complexity index is 1210. The Morgan fingerprint density at radius 2 is 1.79 bits per heavy atom. The van der Waals surface area contributed by atoms with E-state index < -0.39 is 58.8 Å². The number of fused-ring (bicyclic) bond motifs is 1. The Kier molecular flexibility index (Phi) is 9.69. The third-order valence-electron chi connectivity index (χ3n) is 5.95. The lowest BCUT2D eigenvalue weighted by molar-refractivity contribution is -0.757. The van der Waals surface area contributed by atoms with E-state index in [1.165, 1.54) is 4.90 Å². The fourth-order valence-corrected chi connectivity index (χ4v) is 4.08. The minimum Gasteiger partial charge on any atom is -0.353 e. The SMILES string of the molecule is O=C(CCCCCO[N+](=O)[O-])N[C@@H](CC(=O)N1CCn2c(nnc2C(F)(F)F)C1)Cc1cc(F)c(F)cc1F. The third kappa shape index (κ3) is 8.28. The summed E-state index contributed by atoms with van der Waals surface area (Å²) in [5.41, 5.74) is -0.294. The number of aromatic nitrogens is 3. The summed E-state index contributed by atoms with van der Waals surface area (Å²) in [6, 6.07) is -0.104. The number of benzene rings is 1. The molecular formula is C22H24F6N6O5. The summed E-state index contributed by atoms with van der Waals surface area (Å²) in [4.78, 5) is 41.0. The fourth-order valence-electron chi connectivity index (χ4n) is 4.08. The number of carbonyl (C=O) groups is 2. The van der Waals surface area contributed by atoms with Crippen molar-refractivity contribution in [3.8, 4) is 0 Å². The average Bonchev–Trinajstić information content (AvgIpc) is 3.28. The minimum absolute atomic E-state index is 0.0452. The number of alkyl halides is 3. The van der Waals surface area contributed by atoms with Crippen LogP contribution in [0.3, 0.4) is 0 Å². The summed E-state index contributed by atoms with van der Waals surface area (Å²) in [5.74, 6) is -6.23. The molecule has 17 heteroatoms. The van der Waals surface area contributed by atoms with Crippen molar-refractivity contribution in [3.05, 3.63) is 56.9 Å². The van der Waals surface area contributed by atoms with E-state index in [1.54, 1.807) is 0 Å². The van der Waals surface area contributed by atoms with Gasteiger partial charge in [-0.3, -0.25) is 9.59 Å². The highest BCUT2D eigenvalue weighted by Crippen LogP contribution is 2.29. The van der Waals surface area contributed by atoms with Crippen molar-refractivity contribution in [1.29, 1.82) is 0 Å². The molecule has 1 aromatic heterocycles. The maximum atomic E-state index is 14.3. The van der Waals surface area contributed by atoms with Gasteiger partial charge in [0, 0.05) is 38.0 Å². The third-order valence-corrected chi connectivity index (χ3v) is 5.95. The molecule has 11 nitrogen and oxygen atoms in total. The van der Waals surface area contributed by atoms with Crippen LogP contribution < -0.4 is 5.32 Å². The van der Waals surface area contributed by atoms with E-state index in [2.05, 4.69) is 20.4 Å². The standard InChI is InChI=1S/C22H24F6N6O5/c23-15-11-17(25)16(24)9-13(15)8-14(29-19(35)4-2-1-3-7-39-34(37)38)10-20(36)32-5-6-33-18(12-32)30-31-21(33)22(26,27)28/h9,11,14H,1-8,10,12H2,(H,29,35)/t14-/m1/s1. The molecule has 2 aromatic rings. The normalized spacial score (nSPS) is 14.1. The predicted molar refractivity (Wildman–Crippen MR) is 118 cm³/mol. The van der Waals surface area contributed by atoms with Crippen LogP contribution in [0.25, 0.3) is 0 Å². The number of carbonyl (C=O) groups excluding carboxylic acids is 2. The second kappa shape index (κ2) is 12.8. The molecule has 3 rings (SSSR count). The molecular weight excluding hydrogens is 542 g/mol. The monoisotopic (exact) mass is 566 g/mol. The molecule has 0 spiro atoms. The molecule has 1 aliphatic rings. The number of hydrogen-bond acceptors (Lipinski definition) is 7. The van der Waals surface area contributed by atoms with Crippen LogP contribution in [0.15, 0.2) is 12.1 Å². The van der Waals surface area contributed by atoms with Crippen molar-refractivity contribution in [2.45, 2.75) is 63.8 Å². The Morgan fingerprint density at radius 1 is 1.08 bits per heavy atom. The molecule has 0 saturated heterocycles. The highest BCUT2D eigenvalue weighted by atomic mass is 19.4. The zero-order valence-corrected chi connectivity index (χ0v) is 20.3. The topological polar surface area (TPSA) is 132 Å². The summed E-state index contributed by atoms with van der Waals surface area (Å²) < 4.78 is 81.4. The van der Waals surface area contributed by atoms with E-state index in [1.807, 2.05) is 0 Å². The van der Waals surface area contributed by atoms with E-state index in [9.17, 15) is 46.0 Å². The van der Waals surface area contributed by atoms with E-state index in [0.29, 0.717) is 31.4 Å². The van der Waals surface area contributed by atoms with Crippen molar-refractivity contribution in [2.75, 3.05) is 13.2 Å². The summed E-state index contributed by atoms with van der Waals surface area (Å²) in [5, 5.41) is 18.4. The highest BCUT2D eigenvalue weighted by Gasteiger charge is 2.40. The smallest absolute Gasteiger partial charge is 0.353 e. The lowest BCUT2D eigenvalue weighted by atomic mass is 10.0. The van der Waals surface area contributed by atoms with Gasteiger partial charge in [0.25, 0.3) is 5.09 Å². The number of nitrogens with zero attached hydrogens (tertiary/aromatic N) is 5. The van der Waals surface area contributed by atoms with E-state index in [-0.39, 0.29) is 50.5 Å². The summed E-state index contributed by atoms with van der Waals surface area (Å²) in [7, 11) is 0. The van der Waals surface area contributed by atoms with Crippen LogP contribution in [-0.2, 0) is 40.1 Å². The van der Waals surface area contributed by atoms with Gasteiger partial charge in [-0.2, -0.15) is 13.2 Å². The largest absolute Gasteiger partial charge is 0.451 e. The first-order valence-electron chi connectivity index (χ1n) is 11.8.